The minimum atomic E-state index is -3.49. The zero-order valence-electron chi connectivity index (χ0n) is 8.52. The summed E-state index contributed by atoms with van der Waals surface area (Å²) in [6.45, 7) is 3.07. The quantitative estimate of drug-likeness (QED) is 0.621. The maximum absolute atomic E-state index is 11.5. The van der Waals surface area contributed by atoms with E-state index in [9.17, 15) is 13.5 Å². The molecule has 84 valence electrons. The van der Waals surface area contributed by atoms with Crippen molar-refractivity contribution in [3.8, 4) is 0 Å². The molecule has 3 N–H and O–H groups in total. The van der Waals surface area contributed by atoms with E-state index in [1.165, 1.54) is 20.9 Å². The number of nitrogens with two attached hydrogens (primary N) is 1. The van der Waals surface area contributed by atoms with Gasteiger partial charge in [-0.2, -0.15) is 0 Å². The lowest BCUT2D eigenvalue weighted by molar-refractivity contribution is 0.0641. The third-order valence-electron chi connectivity index (χ3n) is 1.41. The highest BCUT2D eigenvalue weighted by Gasteiger charge is 2.24. The van der Waals surface area contributed by atoms with Crippen LogP contribution in [-0.2, 0) is 10.0 Å². The summed E-state index contributed by atoms with van der Waals surface area (Å²) in [7, 11) is -2.11. The SMILES string of the molecule is CN(CC(C)(C)O)S(=O)(=O)CC(N)=S. The van der Waals surface area contributed by atoms with Crippen molar-refractivity contribution in [2.75, 3.05) is 19.3 Å². The zero-order valence-corrected chi connectivity index (χ0v) is 10.2. The first kappa shape index (κ1) is 13.8. The smallest absolute Gasteiger partial charge is 0.220 e. The Morgan fingerprint density at radius 1 is 1.57 bits per heavy atom. The number of thiocarbonyl (C=S) groups is 1. The standard InChI is InChI=1S/C7H16N2O3S2/c1-7(2,10)5-9(3)14(11,12)4-6(8)13/h10H,4-5H2,1-3H3,(H2,8,13). The Balaban J connectivity index is 4.53. The highest BCUT2D eigenvalue weighted by atomic mass is 32.2. The van der Waals surface area contributed by atoms with Gasteiger partial charge in [-0.1, -0.05) is 12.2 Å². The van der Waals surface area contributed by atoms with Gasteiger partial charge >= 0.3 is 0 Å². The Morgan fingerprint density at radius 2 is 2.00 bits per heavy atom. The van der Waals surface area contributed by atoms with Crippen LogP contribution in [0, 0.1) is 0 Å². The van der Waals surface area contributed by atoms with E-state index in [-0.39, 0.29) is 17.3 Å². The van der Waals surface area contributed by atoms with E-state index in [0.717, 1.165) is 4.31 Å². The van der Waals surface area contributed by atoms with Crippen molar-refractivity contribution in [1.82, 2.24) is 4.31 Å². The van der Waals surface area contributed by atoms with Crippen molar-refractivity contribution in [2.24, 2.45) is 5.73 Å². The summed E-state index contributed by atoms with van der Waals surface area (Å²) < 4.78 is 24.0. The molecule has 0 bridgehead atoms. The van der Waals surface area contributed by atoms with Crippen LogP contribution in [0.25, 0.3) is 0 Å². The van der Waals surface area contributed by atoms with Gasteiger partial charge in [-0.15, -0.1) is 0 Å². The summed E-state index contributed by atoms with van der Waals surface area (Å²) in [5, 5.41) is 9.42. The predicted molar refractivity (Wildman–Crippen MR) is 59.5 cm³/mol. The molecule has 0 fully saturated rings. The molecule has 0 aromatic carbocycles. The van der Waals surface area contributed by atoms with Gasteiger partial charge in [-0.05, 0) is 13.8 Å². The highest BCUT2D eigenvalue weighted by molar-refractivity contribution is 7.92. The van der Waals surface area contributed by atoms with E-state index in [0.29, 0.717) is 0 Å². The molecule has 0 aliphatic heterocycles. The molecule has 0 saturated carbocycles. The first-order valence-electron chi connectivity index (χ1n) is 3.99. The molecule has 14 heavy (non-hydrogen) atoms. The molecule has 0 aliphatic rings. The van der Waals surface area contributed by atoms with Gasteiger partial charge in [0.05, 0.1) is 10.6 Å². The third-order valence-corrected chi connectivity index (χ3v) is 3.49. The molecule has 5 nitrogen and oxygen atoms in total. The van der Waals surface area contributed by atoms with Crippen molar-refractivity contribution in [1.29, 1.82) is 0 Å². The number of hydrogen-bond acceptors (Lipinski definition) is 4. The molecule has 0 atom stereocenters. The number of aliphatic hydroxyl groups is 1. The van der Waals surface area contributed by atoms with Crippen LogP contribution in [0.2, 0.25) is 0 Å². The molecule has 0 aliphatic carbocycles. The Bertz CT molecular complexity index is 305. The Labute approximate surface area is 89.9 Å². The topological polar surface area (TPSA) is 83.6 Å². The van der Waals surface area contributed by atoms with E-state index >= 15 is 0 Å². The van der Waals surface area contributed by atoms with Crippen LogP contribution in [0.5, 0.6) is 0 Å². The highest BCUT2D eigenvalue weighted by Crippen LogP contribution is 2.07. The minimum absolute atomic E-state index is 0.0119. The van der Waals surface area contributed by atoms with Gasteiger partial charge in [0.1, 0.15) is 5.75 Å². The number of hydrogen-bond donors (Lipinski definition) is 2. The van der Waals surface area contributed by atoms with E-state index in [2.05, 4.69) is 12.2 Å². The van der Waals surface area contributed by atoms with Crippen LogP contribution in [0.1, 0.15) is 13.8 Å². The van der Waals surface area contributed by atoms with Crippen molar-refractivity contribution in [3.05, 3.63) is 0 Å². The van der Waals surface area contributed by atoms with Crippen LogP contribution < -0.4 is 5.73 Å². The Morgan fingerprint density at radius 3 is 2.29 bits per heavy atom. The van der Waals surface area contributed by atoms with Crippen molar-refractivity contribution < 1.29 is 13.5 Å². The first-order valence-corrected chi connectivity index (χ1v) is 6.01. The maximum Gasteiger partial charge on any atom is 0.220 e. The van der Waals surface area contributed by atoms with E-state index < -0.39 is 15.6 Å². The molecule has 0 amide bonds. The number of sulfonamides is 1. The molecule has 0 aromatic rings. The second-order valence-corrected chi connectivity index (χ2v) is 6.39. The monoisotopic (exact) mass is 240 g/mol. The van der Waals surface area contributed by atoms with Gasteiger partial charge in [0, 0.05) is 13.6 Å². The fourth-order valence-electron chi connectivity index (χ4n) is 0.933. The Kier molecular flexibility index (Phi) is 4.44. The molecule has 0 unspecified atom stereocenters. The zero-order chi connectivity index (χ0) is 11.6. The van der Waals surface area contributed by atoms with E-state index in [1.54, 1.807) is 0 Å². The first-order chi connectivity index (χ1) is 6.04. The molecule has 0 heterocycles. The number of likely N-dealkylation sites (N-methyl/N-ethyl adjacent to an activating group) is 1. The predicted octanol–water partition coefficient (Wildman–Crippen LogP) is -0.695. The second kappa shape index (κ2) is 4.52. The van der Waals surface area contributed by atoms with Crippen LogP contribution in [0.4, 0.5) is 0 Å². The summed E-state index contributed by atoms with van der Waals surface area (Å²) in [6, 6.07) is 0. The normalized spacial score (nSPS) is 13.2. The van der Waals surface area contributed by atoms with Crippen LogP contribution >= 0.6 is 12.2 Å². The van der Waals surface area contributed by atoms with Crippen molar-refractivity contribution in [3.63, 3.8) is 0 Å². The summed E-state index contributed by atoms with van der Waals surface area (Å²) in [5.41, 5.74) is 4.07. The minimum Gasteiger partial charge on any atom is -0.392 e. The van der Waals surface area contributed by atoms with Gasteiger partial charge in [0.25, 0.3) is 0 Å². The van der Waals surface area contributed by atoms with Gasteiger partial charge in [0.2, 0.25) is 10.0 Å². The van der Waals surface area contributed by atoms with E-state index in [1.807, 2.05) is 0 Å². The van der Waals surface area contributed by atoms with Gasteiger partial charge in [0.15, 0.2) is 0 Å². The molecule has 7 heteroatoms. The van der Waals surface area contributed by atoms with Gasteiger partial charge < -0.3 is 10.8 Å². The molecule has 0 saturated heterocycles. The van der Waals surface area contributed by atoms with Gasteiger partial charge in [-0.25, -0.2) is 12.7 Å². The fourth-order valence-corrected chi connectivity index (χ4v) is 2.47. The molecular formula is C7H16N2O3S2. The maximum atomic E-state index is 11.5. The number of rotatable bonds is 5. The van der Waals surface area contributed by atoms with Crippen LogP contribution in [-0.4, -0.2) is 47.8 Å². The summed E-state index contributed by atoms with van der Waals surface area (Å²) in [4.78, 5) is -0.0763. The molecule has 0 aromatic heterocycles. The largest absolute Gasteiger partial charge is 0.392 e. The lowest BCUT2D eigenvalue weighted by Crippen LogP contribution is -2.42. The lowest BCUT2D eigenvalue weighted by atomic mass is 10.1. The second-order valence-electron chi connectivity index (χ2n) is 3.79. The van der Waals surface area contributed by atoms with Crippen molar-refractivity contribution in [2.45, 2.75) is 19.4 Å². The summed E-state index contributed by atoms with van der Waals surface area (Å²) in [6.07, 6.45) is 0. The fraction of sp³-hybridized carbons (Fsp3) is 0.857. The average Bonchev–Trinajstić information content (AvgIpc) is 1.79. The van der Waals surface area contributed by atoms with Crippen molar-refractivity contribution >= 4 is 27.2 Å². The number of nitrogens with zero attached hydrogens (tertiary/aromatic N) is 1. The lowest BCUT2D eigenvalue weighted by Gasteiger charge is -2.24. The third kappa shape index (κ3) is 5.48. The summed E-state index contributed by atoms with van der Waals surface area (Å²) in [5.74, 6) is -0.366. The molecule has 0 rings (SSSR count). The Hall–Kier alpha value is -0.240. The average molecular weight is 240 g/mol. The van der Waals surface area contributed by atoms with Crippen LogP contribution in [0.15, 0.2) is 0 Å². The van der Waals surface area contributed by atoms with Gasteiger partial charge in [-0.3, -0.25) is 0 Å². The summed E-state index contributed by atoms with van der Waals surface area (Å²) >= 11 is 4.51. The van der Waals surface area contributed by atoms with E-state index in [4.69, 9.17) is 5.73 Å². The molecule has 0 radical (unpaired) electrons. The van der Waals surface area contributed by atoms with Crippen LogP contribution in [0.3, 0.4) is 0 Å². The molecule has 0 spiro atoms. The molecular weight excluding hydrogens is 224 g/mol.